The van der Waals surface area contributed by atoms with Crippen molar-refractivity contribution >= 4 is 17.2 Å². The lowest BCUT2D eigenvalue weighted by molar-refractivity contribution is 1.12. The normalized spacial score (nSPS) is 10.1. The minimum Gasteiger partial charge on any atom is -0.370 e. The van der Waals surface area contributed by atoms with Crippen LogP contribution in [0.25, 0.3) is 10.6 Å². The molecule has 72 valence electrons. The van der Waals surface area contributed by atoms with Crippen molar-refractivity contribution in [3.63, 3.8) is 0 Å². The molecule has 0 radical (unpaired) electrons. The summed E-state index contributed by atoms with van der Waals surface area (Å²) in [5, 5.41) is 5.21. The molecule has 0 saturated carbocycles. The summed E-state index contributed by atoms with van der Waals surface area (Å²) >= 11 is 1.68. The van der Waals surface area contributed by atoms with Crippen LogP contribution in [0, 0.1) is 0 Å². The first-order valence-corrected chi connectivity index (χ1v) is 5.38. The van der Waals surface area contributed by atoms with E-state index in [4.69, 9.17) is 0 Å². The van der Waals surface area contributed by atoms with Gasteiger partial charge in [0.1, 0.15) is 12.1 Å². The molecule has 0 spiro atoms. The van der Waals surface area contributed by atoms with Gasteiger partial charge in [0.25, 0.3) is 0 Å². The average molecular weight is 205 g/mol. The number of hydrogen-bond acceptors (Lipinski definition) is 4. The minimum absolute atomic E-state index is 0.876. The summed E-state index contributed by atoms with van der Waals surface area (Å²) in [6, 6.07) is 6.05. The second kappa shape index (κ2) is 4.19. The van der Waals surface area contributed by atoms with E-state index in [0.717, 1.165) is 18.1 Å². The van der Waals surface area contributed by atoms with Gasteiger partial charge in [0.15, 0.2) is 0 Å². The van der Waals surface area contributed by atoms with Gasteiger partial charge in [-0.25, -0.2) is 9.97 Å². The van der Waals surface area contributed by atoms with Crippen LogP contribution in [-0.4, -0.2) is 16.5 Å². The highest BCUT2D eigenvalue weighted by atomic mass is 32.1. The molecular weight excluding hydrogens is 194 g/mol. The van der Waals surface area contributed by atoms with Crippen molar-refractivity contribution in [2.45, 2.75) is 6.92 Å². The highest BCUT2D eigenvalue weighted by Gasteiger charge is 2.01. The van der Waals surface area contributed by atoms with E-state index in [1.807, 2.05) is 24.4 Å². The van der Waals surface area contributed by atoms with Crippen LogP contribution in [0.5, 0.6) is 0 Å². The number of nitrogens with one attached hydrogen (secondary N) is 1. The molecule has 0 aliphatic heterocycles. The summed E-state index contributed by atoms with van der Waals surface area (Å²) in [6.07, 6.45) is 1.59. The first kappa shape index (κ1) is 9.15. The zero-order valence-electron chi connectivity index (χ0n) is 7.90. The third-order valence-electron chi connectivity index (χ3n) is 1.80. The van der Waals surface area contributed by atoms with Gasteiger partial charge < -0.3 is 5.32 Å². The van der Waals surface area contributed by atoms with Crippen molar-refractivity contribution in [2.24, 2.45) is 0 Å². The van der Waals surface area contributed by atoms with E-state index >= 15 is 0 Å². The predicted molar refractivity (Wildman–Crippen MR) is 59.5 cm³/mol. The van der Waals surface area contributed by atoms with E-state index in [9.17, 15) is 0 Å². The number of hydrogen-bond donors (Lipinski definition) is 1. The lowest BCUT2D eigenvalue weighted by Gasteiger charge is -2.02. The van der Waals surface area contributed by atoms with Gasteiger partial charge in [0.2, 0.25) is 0 Å². The van der Waals surface area contributed by atoms with Gasteiger partial charge in [-0.05, 0) is 18.4 Å². The maximum absolute atomic E-state index is 4.22. The molecule has 2 aromatic rings. The monoisotopic (exact) mass is 205 g/mol. The molecule has 0 atom stereocenters. The van der Waals surface area contributed by atoms with Crippen molar-refractivity contribution in [2.75, 3.05) is 11.9 Å². The Morgan fingerprint density at radius 2 is 2.36 bits per heavy atom. The molecule has 2 rings (SSSR count). The Hall–Kier alpha value is -1.42. The van der Waals surface area contributed by atoms with Crippen LogP contribution < -0.4 is 5.32 Å². The zero-order chi connectivity index (χ0) is 9.80. The molecule has 0 aliphatic carbocycles. The van der Waals surface area contributed by atoms with Crippen molar-refractivity contribution in [3.8, 4) is 10.6 Å². The lowest BCUT2D eigenvalue weighted by atomic mass is 10.3. The average Bonchev–Trinajstić information content (AvgIpc) is 2.71. The van der Waals surface area contributed by atoms with Crippen LogP contribution in [0.2, 0.25) is 0 Å². The Bertz CT molecular complexity index is 398. The van der Waals surface area contributed by atoms with Gasteiger partial charge in [-0.3, -0.25) is 0 Å². The number of anilines is 1. The quantitative estimate of drug-likeness (QED) is 0.837. The first-order valence-electron chi connectivity index (χ1n) is 4.50. The van der Waals surface area contributed by atoms with E-state index in [2.05, 4.69) is 21.4 Å². The summed E-state index contributed by atoms with van der Waals surface area (Å²) in [4.78, 5) is 9.52. The first-order chi connectivity index (χ1) is 6.90. The Kier molecular flexibility index (Phi) is 2.74. The number of nitrogens with zero attached hydrogens (tertiary/aromatic N) is 2. The van der Waals surface area contributed by atoms with E-state index in [0.29, 0.717) is 0 Å². The highest BCUT2D eigenvalue weighted by Crippen LogP contribution is 2.23. The van der Waals surface area contributed by atoms with E-state index in [1.54, 1.807) is 17.7 Å². The van der Waals surface area contributed by atoms with Gasteiger partial charge in [-0.15, -0.1) is 11.3 Å². The van der Waals surface area contributed by atoms with Gasteiger partial charge in [0.05, 0.1) is 10.6 Å². The molecule has 2 aromatic heterocycles. The smallest absolute Gasteiger partial charge is 0.129 e. The van der Waals surface area contributed by atoms with Crippen LogP contribution in [0.1, 0.15) is 6.92 Å². The van der Waals surface area contributed by atoms with Gasteiger partial charge in [-0.2, -0.15) is 0 Å². The van der Waals surface area contributed by atoms with Crippen molar-refractivity contribution in [3.05, 3.63) is 29.9 Å². The number of aromatic nitrogens is 2. The minimum atomic E-state index is 0.876. The molecule has 4 heteroatoms. The molecular formula is C10H11N3S. The number of thiophene rings is 1. The maximum Gasteiger partial charge on any atom is 0.129 e. The fourth-order valence-electron chi connectivity index (χ4n) is 1.19. The molecule has 0 aromatic carbocycles. The van der Waals surface area contributed by atoms with E-state index in [-0.39, 0.29) is 0 Å². The Balaban J connectivity index is 2.31. The predicted octanol–water partition coefficient (Wildman–Crippen LogP) is 2.64. The maximum atomic E-state index is 4.22. The van der Waals surface area contributed by atoms with Crippen molar-refractivity contribution in [1.82, 2.24) is 9.97 Å². The largest absolute Gasteiger partial charge is 0.370 e. The van der Waals surface area contributed by atoms with Crippen molar-refractivity contribution in [1.29, 1.82) is 0 Å². The van der Waals surface area contributed by atoms with Crippen LogP contribution in [0.15, 0.2) is 29.9 Å². The fraction of sp³-hybridized carbons (Fsp3) is 0.200. The molecule has 0 saturated heterocycles. The summed E-state index contributed by atoms with van der Waals surface area (Å²) in [6.45, 7) is 2.92. The topological polar surface area (TPSA) is 37.8 Å². The van der Waals surface area contributed by atoms with Crippen LogP contribution in [-0.2, 0) is 0 Å². The fourth-order valence-corrected chi connectivity index (χ4v) is 1.89. The standard InChI is InChI=1S/C10H11N3S/c1-2-11-10-6-8(12-7-13-10)9-4-3-5-14-9/h3-7H,2H2,1H3,(H,11,12,13). The molecule has 0 unspecified atom stereocenters. The Morgan fingerprint density at radius 1 is 1.43 bits per heavy atom. The van der Waals surface area contributed by atoms with E-state index < -0.39 is 0 Å². The molecule has 0 amide bonds. The van der Waals surface area contributed by atoms with Crippen LogP contribution >= 0.6 is 11.3 Å². The zero-order valence-corrected chi connectivity index (χ0v) is 8.71. The molecule has 14 heavy (non-hydrogen) atoms. The molecule has 2 heterocycles. The summed E-state index contributed by atoms with van der Waals surface area (Å²) < 4.78 is 0. The molecule has 1 N–H and O–H groups in total. The third kappa shape index (κ3) is 1.90. The third-order valence-corrected chi connectivity index (χ3v) is 2.69. The van der Waals surface area contributed by atoms with Gasteiger partial charge >= 0.3 is 0 Å². The van der Waals surface area contributed by atoms with Crippen LogP contribution in [0.3, 0.4) is 0 Å². The Morgan fingerprint density at radius 3 is 3.07 bits per heavy atom. The lowest BCUT2D eigenvalue weighted by Crippen LogP contribution is -1.99. The SMILES string of the molecule is CCNc1cc(-c2cccs2)ncn1. The molecule has 0 fully saturated rings. The van der Waals surface area contributed by atoms with Gasteiger partial charge in [0, 0.05) is 12.6 Å². The van der Waals surface area contributed by atoms with Gasteiger partial charge in [-0.1, -0.05) is 6.07 Å². The van der Waals surface area contributed by atoms with E-state index in [1.165, 1.54) is 4.88 Å². The molecule has 0 bridgehead atoms. The molecule has 0 aliphatic rings. The second-order valence-corrected chi connectivity index (χ2v) is 3.74. The number of rotatable bonds is 3. The van der Waals surface area contributed by atoms with Crippen LogP contribution in [0.4, 0.5) is 5.82 Å². The second-order valence-electron chi connectivity index (χ2n) is 2.80. The summed E-state index contributed by atoms with van der Waals surface area (Å²) in [5.74, 6) is 0.880. The molecule has 3 nitrogen and oxygen atoms in total. The van der Waals surface area contributed by atoms with Crippen molar-refractivity contribution < 1.29 is 0 Å². The summed E-state index contributed by atoms with van der Waals surface area (Å²) in [7, 11) is 0. The highest BCUT2D eigenvalue weighted by molar-refractivity contribution is 7.13. The summed E-state index contributed by atoms with van der Waals surface area (Å²) in [5.41, 5.74) is 0.978. The Labute approximate surface area is 86.8 Å².